The zero-order valence-corrected chi connectivity index (χ0v) is 35.3. The predicted molar refractivity (Wildman–Crippen MR) is 209 cm³/mol. The largest absolute Gasteiger partial charge is 0.511 e. The summed E-state index contributed by atoms with van der Waals surface area (Å²) >= 11 is 0. The number of rotatable bonds is 12. The Bertz CT molecular complexity index is 1490. The summed E-state index contributed by atoms with van der Waals surface area (Å²) in [5, 5.41) is 0. The van der Waals surface area contributed by atoms with Gasteiger partial charge in [-0.15, -0.1) is 0 Å². The Kier molecular flexibility index (Phi) is 10.3. The van der Waals surface area contributed by atoms with Crippen LogP contribution in [0.5, 0.6) is 0 Å². The molecule has 3 aromatic carbocycles. The maximum atomic E-state index is 14.9. The third kappa shape index (κ3) is 12.9. The third-order valence-corrected chi connectivity index (χ3v) is 24.6. The lowest BCUT2D eigenvalue weighted by Gasteiger charge is -2.63. The summed E-state index contributed by atoms with van der Waals surface area (Å²) in [6, 6.07) is 20.1. The number of benzene rings is 3. The van der Waals surface area contributed by atoms with Gasteiger partial charge in [0.2, 0.25) is 0 Å². The van der Waals surface area contributed by atoms with Crippen LogP contribution in [0.4, 0.5) is 0 Å². The van der Waals surface area contributed by atoms with Crippen molar-refractivity contribution < 1.29 is 16.5 Å². The summed E-state index contributed by atoms with van der Waals surface area (Å²) in [4.78, 5) is 0. The van der Waals surface area contributed by atoms with Gasteiger partial charge in [0.1, 0.15) is 0 Å². The minimum atomic E-state index is -6.17. The SMILES string of the molecule is Cc1ccccc1CS(Cl)(Cl)(Cl)(Cl)OP(=O)(OS(Cl)(Cl)(Cl)(Cl)Cc1ccccc1C)OS(Cl)(Cl)(Cl)(Cl)Cc1ccccc1C. The lowest BCUT2D eigenvalue weighted by molar-refractivity contribution is 0.339. The Labute approximate surface area is 309 Å². The second-order valence-corrected chi connectivity index (χ2v) is 58.4. The van der Waals surface area contributed by atoms with E-state index in [0.717, 1.165) is 0 Å². The third-order valence-electron chi connectivity index (χ3n) is 5.85. The molecule has 20 heteroatoms. The topological polar surface area (TPSA) is 44.8 Å². The quantitative estimate of drug-likeness (QED) is 0.170. The molecule has 0 unspecified atom stereocenters. The van der Waals surface area contributed by atoms with Crippen LogP contribution < -0.4 is 0 Å². The molecule has 0 heterocycles. The van der Waals surface area contributed by atoms with Gasteiger partial charge < -0.3 is 0 Å². The highest BCUT2D eigenvalue weighted by atomic mass is 36.4. The van der Waals surface area contributed by atoms with Crippen LogP contribution in [0.2, 0.25) is 0 Å². The molecule has 3 aromatic rings. The lowest BCUT2D eigenvalue weighted by atomic mass is 10.1. The van der Waals surface area contributed by atoms with E-state index in [1.807, 2.05) is 0 Å². The first-order valence-corrected chi connectivity index (χ1v) is 31.0. The highest BCUT2D eigenvalue weighted by molar-refractivity contribution is 9.13. The Morgan fingerprint density at radius 1 is 0.455 bits per heavy atom. The van der Waals surface area contributed by atoms with E-state index < -0.39 is 41.4 Å². The van der Waals surface area contributed by atoms with Gasteiger partial charge in [-0.25, -0.2) is 16.5 Å². The summed E-state index contributed by atoms with van der Waals surface area (Å²) in [6.45, 7) is 5.15. The van der Waals surface area contributed by atoms with Gasteiger partial charge in [-0.3, -0.25) is 0 Å². The molecule has 254 valence electrons. The minimum absolute atomic E-state index is 0.384. The van der Waals surface area contributed by atoms with Crippen LogP contribution in [0.25, 0.3) is 0 Å². The van der Waals surface area contributed by atoms with Gasteiger partial charge in [0, 0.05) is 0 Å². The Balaban J connectivity index is 2.24. The first-order chi connectivity index (χ1) is 19.1. The maximum absolute atomic E-state index is 14.9. The fraction of sp³-hybridized carbons (Fsp3) is 0.250. The Hall–Kier alpha value is 2.30. The number of halogens is 12. The average molecular weight is 932 g/mol. The Morgan fingerprint density at radius 2 is 0.659 bits per heavy atom. The molecule has 0 saturated heterocycles. The average Bonchev–Trinajstić information content (AvgIpc) is 2.73. The zero-order chi connectivity index (χ0) is 33.9. The monoisotopic (exact) mass is 926 g/mol. The molecule has 4 nitrogen and oxygen atoms in total. The van der Waals surface area contributed by atoms with Crippen molar-refractivity contribution >= 4 is 152 Å². The van der Waals surface area contributed by atoms with Crippen LogP contribution in [0, 0.1) is 20.8 Å². The molecule has 0 aromatic heterocycles. The van der Waals surface area contributed by atoms with E-state index >= 15 is 0 Å². The van der Waals surface area contributed by atoms with E-state index in [1.165, 1.54) is 0 Å². The van der Waals surface area contributed by atoms with Gasteiger partial charge in [-0.1, -0.05) is 72.8 Å². The van der Waals surface area contributed by atoms with Crippen molar-refractivity contribution in [2.75, 3.05) is 0 Å². The number of hydrogen-bond donors (Lipinski definition) is 0. The van der Waals surface area contributed by atoms with Crippen molar-refractivity contribution in [2.24, 2.45) is 0 Å². The van der Waals surface area contributed by atoms with Crippen molar-refractivity contribution in [3.05, 3.63) is 106 Å². The second-order valence-electron chi connectivity index (χ2n) is 10.4. The fourth-order valence-electron chi connectivity index (χ4n) is 3.94. The molecule has 0 radical (unpaired) electrons. The molecule has 0 bridgehead atoms. The molecule has 0 spiro atoms. The molecular weight excluding hydrogens is 905 g/mol. The van der Waals surface area contributed by atoms with E-state index in [1.54, 1.807) is 93.6 Å². The predicted octanol–water partition coefficient (Wildman–Crippen LogP) is 16.9. The van der Waals surface area contributed by atoms with Gasteiger partial charge in [-0.2, -0.15) is 0 Å². The molecule has 0 amide bonds. The van der Waals surface area contributed by atoms with E-state index in [2.05, 4.69) is 0 Å². The summed E-state index contributed by atoms with van der Waals surface area (Å²) in [5.74, 6) is -1.99. The molecule has 0 aliphatic rings. The molecule has 0 saturated carbocycles. The van der Waals surface area contributed by atoms with Gasteiger partial charge in [0.25, 0.3) is 0 Å². The van der Waals surface area contributed by atoms with Gasteiger partial charge >= 0.3 is 7.82 Å². The fourth-order valence-corrected chi connectivity index (χ4v) is 24.8. The van der Waals surface area contributed by atoms with Crippen molar-refractivity contribution in [2.45, 2.75) is 38.0 Å². The maximum Gasteiger partial charge on any atom is 0.511 e. The molecule has 0 aliphatic carbocycles. The highest BCUT2D eigenvalue weighted by Gasteiger charge is 2.72. The summed E-state index contributed by atoms with van der Waals surface area (Å²) in [6.07, 6.45) is 0. The molecule has 0 fully saturated rings. The summed E-state index contributed by atoms with van der Waals surface area (Å²) < 4.78 is 31.7. The van der Waals surface area contributed by atoms with E-state index in [4.69, 9.17) is 140 Å². The second kappa shape index (κ2) is 11.1. The number of aryl methyl sites for hydroxylation is 3. The molecule has 0 atom stereocenters. The zero-order valence-electron chi connectivity index (χ0n) is 22.9. The summed E-state index contributed by atoms with van der Waals surface area (Å²) in [5.41, 5.74) is -15.4. The molecule has 3 rings (SSSR count). The molecule has 0 N–H and O–H groups in total. The first-order valence-electron chi connectivity index (χ1n) is 12.0. The lowest BCUT2D eigenvalue weighted by Crippen LogP contribution is -2.24. The minimum Gasteiger partial charge on any atom is -0.225 e. The van der Waals surface area contributed by atoms with E-state index in [-0.39, 0.29) is 0 Å². The first kappa shape index (κ1) is 40.7. The van der Waals surface area contributed by atoms with Crippen LogP contribution in [0.15, 0.2) is 72.8 Å². The van der Waals surface area contributed by atoms with Crippen molar-refractivity contribution in [1.82, 2.24) is 0 Å². The molecular formula is C24H27Cl12O4PS3. The van der Waals surface area contributed by atoms with Gasteiger partial charge in [0.15, 0.2) is 0 Å². The van der Waals surface area contributed by atoms with Crippen molar-refractivity contribution in [1.29, 1.82) is 0 Å². The van der Waals surface area contributed by atoms with Crippen LogP contribution in [0.1, 0.15) is 33.4 Å². The van der Waals surface area contributed by atoms with Crippen LogP contribution >= 0.6 is 152 Å². The van der Waals surface area contributed by atoms with Gasteiger partial charge in [-0.05, 0) is 182 Å². The smallest absolute Gasteiger partial charge is 0.225 e. The summed E-state index contributed by atoms with van der Waals surface area (Å²) in [7, 11) is 74.4. The standard InChI is InChI=1S/C24H27Cl12O4PS3/c1-19-10-4-7-13-22(19)16-42(25,26,27,28)38-41(37,39-43(29,30,31,32)17-23-14-8-5-11-20(23)2)40-44(33,34,35,36)18-24-15-9-6-12-21(24)3/h4-15H,16-18H2,1-3H3. The molecule has 44 heavy (non-hydrogen) atoms. The normalized spacial score (nSPS) is 19.3. The van der Waals surface area contributed by atoms with Crippen LogP contribution in [-0.4, -0.2) is 0 Å². The Morgan fingerprint density at radius 3 is 0.864 bits per heavy atom. The number of hydrogen-bond acceptors (Lipinski definition) is 4. The van der Waals surface area contributed by atoms with Crippen LogP contribution in [0.3, 0.4) is 0 Å². The van der Waals surface area contributed by atoms with Crippen molar-refractivity contribution in [3.63, 3.8) is 0 Å². The van der Waals surface area contributed by atoms with Crippen LogP contribution in [-0.2, 0) is 33.7 Å². The van der Waals surface area contributed by atoms with E-state index in [0.29, 0.717) is 33.4 Å². The number of phosphoric acid groups is 1. The van der Waals surface area contributed by atoms with Crippen molar-refractivity contribution in [3.8, 4) is 0 Å². The highest BCUT2D eigenvalue weighted by Crippen LogP contribution is 3.18. The van der Waals surface area contributed by atoms with Gasteiger partial charge in [0.05, 0.1) is 33.5 Å². The van der Waals surface area contributed by atoms with E-state index in [9.17, 15) is 4.57 Å². The molecule has 0 aliphatic heterocycles.